The number of amides is 1. The Labute approximate surface area is 133 Å². The molecule has 1 heterocycles. The molecule has 1 aromatic carbocycles. The van der Waals surface area contributed by atoms with Crippen LogP contribution in [0.5, 0.6) is 0 Å². The lowest BCUT2D eigenvalue weighted by molar-refractivity contribution is -0.116. The number of hydrogen-bond acceptors (Lipinski definition) is 4. The molecule has 1 aromatic rings. The first kappa shape index (κ1) is 13.5. The van der Waals surface area contributed by atoms with Gasteiger partial charge in [-0.05, 0) is 23.1 Å². The third-order valence-electron chi connectivity index (χ3n) is 4.18. The highest BCUT2D eigenvalue weighted by atomic mass is 32.2. The van der Waals surface area contributed by atoms with Gasteiger partial charge in [-0.3, -0.25) is 4.79 Å². The van der Waals surface area contributed by atoms with E-state index >= 15 is 0 Å². The largest absolute Gasteiger partial charge is 0.303 e. The Morgan fingerprint density at radius 1 is 1.18 bits per heavy atom. The van der Waals surface area contributed by atoms with Crippen LogP contribution < -0.4 is 5.32 Å². The van der Waals surface area contributed by atoms with Crippen molar-refractivity contribution in [3.8, 4) is 0 Å². The summed E-state index contributed by atoms with van der Waals surface area (Å²) in [5.74, 6) is 1.35. The number of rotatable bonds is 3. The average molecular weight is 309 g/mol. The van der Waals surface area contributed by atoms with E-state index < -0.39 is 0 Å². The number of benzene rings is 1. The predicted molar refractivity (Wildman–Crippen MR) is 90.6 cm³/mol. The molecule has 1 N–H and O–H groups in total. The maximum Gasteiger partial charge on any atom is 0.236 e. The Bertz CT molecular complexity index is 734. The Kier molecular flexibility index (Phi) is 3.42. The normalized spacial score (nSPS) is 28.4. The van der Waals surface area contributed by atoms with Crippen molar-refractivity contribution in [1.82, 2.24) is 5.32 Å². The second-order valence-corrected chi connectivity index (χ2v) is 6.52. The second kappa shape index (κ2) is 5.57. The summed E-state index contributed by atoms with van der Waals surface area (Å²) >= 11 is 1.39. The highest BCUT2D eigenvalue weighted by Crippen LogP contribution is 2.47. The molecule has 0 spiro atoms. The minimum atomic E-state index is -0.00834. The Morgan fingerprint density at radius 2 is 2.00 bits per heavy atom. The number of nitrogens with one attached hydrogen (secondary N) is 1. The Hall–Kier alpha value is -2.14. The van der Waals surface area contributed by atoms with Crippen molar-refractivity contribution < 1.29 is 4.79 Å². The summed E-state index contributed by atoms with van der Waals surface area (Å²) in [6, 6.07) is 10.5. The van der Waals surface area contributed by atoms with Crippen molar-refractivity contribution in [2.45, 2.75) is 6.42 Å². The van der Waals surface area contributed by atoms with Gasteiger partial charge >= 0.3 is 0 Å². The fourth-order valence-electron chi connectivity index (χ4n) is 3.24. The molecule has 110 valence electrons. The van der Waals surface area contributed by atoms with E-state index in [0.29, 0.717) is 22.8 Å². The number of carbonyl (C=O) groups excluding carboxylic acids is 1. The van der Waals surface area contributed by atoms with E-state index in [1.807, 2.05) is 12.3 Å². The van der Waals surface area contributed by atoms with Gasteiger partial charge in [0, 0.05) is 11.8 Å². The first-order valence-corrected chi connectivity index (χ1v) is 8.31. The number of thioether (sulfide) groups is 1. The van der Waals surface area contributed by atoms with Crippen molar-refractivity contribution in [2.24, 2.45) is 22.0 Å². The predicted octanol–water partition coefficient (Wildman–Crippen LogP) is 2.85. The van der Waals surface area contributed by atoms with E-state index in [9.17, 15) is 4.79 Å². The van der Waals surface area contributed by atoms with Crippen molar-refractivity contribution in [2.75, 3.05) is 5.75 Å². The average Bonchev–Trinajstić information content (AvgIpc) is 3.24. The maximum absolute atomic E-state index is 11.1. The van der Waals surface area contributed by atoms with Gasteiger partial charge in [0.15, 0.2) is 5.17 Å². The summed E-state index contributed by atoms with van der Waals surface area (Å²) in [4.78, 5) is 11.1. The number of amidine groups is 1. The van der Waals surface area contributed by atoms with Crippen LogP contribution in [0.15, 0.2) is 58.3 Å². The van der Waals surface area contributed by atoms with Crippen LogP contribution in [0.1, 0.15) is 12.0 Å². The molecule has 0 saturated carbocycles. The number of allylic oxidation sites excluding steroid dienone is 4. The molecule has 1 amide bonds. The zero-order valence-electron chi connectivity index (χ0n) is 11.9. The maximum atomic E-state index is 11.1. The Morgan fingerprint density at radius 3 is 2.77 bits per heavy atom. The van der Waals surface area contributed by atoms with E-state index in [4.69, 9.17) is 0 Å². The minimum Gasteiger partial charge on any atom is -0.303 e. The molecular weight excluding hydrogens is 294 g/mol. The summed E-state index contributed by atoms with van der Waals surface area (Å²) in [6.45, 7) is 0. The third kappa shape index (κ3) is 2.41. The van der Waals surface area contributed by atoms with Gasteiger partial charge in [0.2, 0.25) is 5.91 Å². The zero-order valence-corrected chi connectivity index (χ0v) is 12.7. The molecule has 1 aliphatic heterocycles. The third-order valence-corrected chi connectivity index (χ3v) is 5.05. The molecule has 4 rings (SSSR count). The van der Waals surface area contributed by atoms with E-state index in [0.717, 1.165) is 6.42 Å². The van der Waals surface area contributed by atoms with Crippen LogP contribution in [0.4, 0.5) is 0 Å². The van der Waals surface area contributed by atoms with Crippen LogP contribution in [0.2, 0.25) is 0 Å². The molecule has 3 aliphatic rings. The second-order valence-electron chi connectivity index (χ2n) is 5.56. The molecule has 0 unspecified atom stereocenters. The monoisotopic (exact) mass is 309 g/mol. The lowest BCUT2D eigenvalue weighted by Crippen LogP contribution is -2.19. The van der Waals surface area contributed by atoms with E-state index in [2.05, 4.69) is 51.9 Å². The molecule has 1 fully saturated rings. The van der Waals surface area contributed by atoms with Crippen LogP contribution in [-0.2, 0) is 4.79 Å². The summed E-state index contributed by atoms with van der Waals surface area (Å²) in [7, 11) is 0. The molecule has 22 heavy (non-hydrogen) atoms. The van der Waals surface area contributed by atoms with Gasteiger partial charge in [-0.15, -0.1) is 5.10 Å². The van der Waals surface area contributed by atoms with E-state index in [-0.39, 0.29) is 5.91 Å². The highest BCUT2D eigenvalue weighted by Gasteiger charge is 2.34. The van der Waals surface area contributed by atoms with Crippen molar-refractivity contribution >= 4 is 34.6 Å². The zero-order chi connectivity index (χ0) is 14.9. The lowest BCUT2D eigenvalue weighted by atomic mass is 9.92. The summed E-state index contributed by atoms with van der Waals surface area (Å²) in [5, 5.41) is 11.6. The van der Waals surface area contributed by atoms with Crippen LogP contribution in [-0.4, -0.2) is 23.0 Å². The smallest absolute Gasteiger partial charge is 0.236 e. The fraction of sp³-hybridized carbons (Fsp3) is 0.235. The van der Waals surface area contributed by atoms with Crippen molar-refractivity contribution in [3.63, 3.8) is 0 Å². The van der Waals surface area contributed by atoms with Crippen LogP contribution in [0.25, 0.3) is 5.57 Å². The molecule has 2 aliphatic carbocycles. The van der Waals surface area contributed by atoms with Crippen molar-refractivity contribution in [1.29, 1.82) is 0 Å². The molecule has 0 radical (unpaired) electrons. The molecule has 5 heteroatoms. The standard InChI is InChI=1S/C17H15N3OS/c21-15-10-22-17(19-15)20-18-9-14-12-6-7-13(8-12)16(14)11-4-2-1-3-5-11/h1-7,9,12-13H,8,10H2,(H,19,20,21)/b18-9-/t12-,13+/m0/s1. The highest BCUT2D eigenvalue weighted by molar-refractivity contribution is 8.15. The van der Waals surface area contributed by atoms with Crippen LogP contribution in [0, 0.1) is 11.8 Å². The number of hydrogen-bond donors (Lipinski definition) is 1. The summed E-state index contributed by atoms with van der Waals surface area (Å²) in [5.41, 5.74) is 3.87. The van der Waals surface area contributed by atoms with Crippen molar-refractivity contribution in [3.05, 3.63) is 53.6 Å². The topological polar surface area (TPSA) is 53.8 Å². The first-order chi connectivity index (χ1) is 10.8. The van der Waals surface area contributed by atoms with Gasteiger partial charge in [0.25, 0.3) is 0 Å². The van der Waals surface area contributed by atoms with Gasteiger partial charge in [-0.2, -0.15) is 5.10 Å². The van der Waals surface area contributed by atoms with Gasteiger partial charge in [-0.1, -0.05) is 54.2 Å². The summed E-state index contributed by atoms with van der Waals surface area (Å²) < 4.78 is 0. The number of fused-ring (bicyclic) bond motifs is 2. The summed E-state index contributed by atoms with van der Waals surface area (Å²) in [6.07, 6.45) is 7.54. The van der Waals surface area contributed by atoms with Crippen LogP contribution >= 0.6 is 11.8 Å². The number of nitrogens with zero attached hydrogens (tertiary/aromatic N) is 2. The molecule has 2 bridgehead atoms. The molecule has 4 nitrogen and oxygen atoms in total. The van der Waals surface area contributed by atoms with Crippen LogP contribution in [0.3, 0.4) is 0 Å². The minimum absolute atomic E-state index is 0.00834. The van der Waals surface area contributed by atoms with Gasteiger partial charge in [-0.25, -0.2) is 0 Å². The molecular formula is C17H15N3OS. The lowest BCUT2D eigenvalue weighted by Gasteiger charge is -2.13. The number of carbonyl (C=O) groups is 1. The first-order valence-electron chi connectivity index (χ1n) is 7.33. The van der Waals surface area contributed by atoms with Gasteiger partial charge in [0.05, 0.1) is 12.0 Å². The van der Waals surface area contributed by atoms with E-state index in [1.165, 1.54) is 28.5 Å². The SMILES string of the molecule is O=C1CS/C(=N/N=C\C2=C(c3ccccc3)[C@@H]3C=C[C@H]2C3)N1. The molecule has 1 saturated heterocycles. The fourth-order valence-corrected chi connectivity index (χ4v) is 3.87. The Balaban J connectivity index is 1.63. The molecule has 2 atom stereocenters. The van der Waals surface area contributed by atoms with Gasteiger partial charge in [0.1, 0.15) is 0 Å². The molecule has 0 aromatic heterocycles. The quantitative estimate of drug-likeness (QED) is 0.530. The van der Waals surface area contributed by atoms with Gasteiger partial charge < -0.3 is 5.32 Å². The van der Waals surface area contributed by atoms with E-state index in [1.54, 1.807) is 0 Å².